The molecule has 1 aromatic carbocycles. The summed E-state index contributed by atoms with van der Waals surface area (Å²) in [6, 6.07) is 15.1. The maximum atomic E-state index is 12.2. The second-order valence-corrected chi connectivity index (χ2v) is 6.18. The molecule has 3 aromatic rings. The van der Waals surface area contributed by atoms with Crippen molar-refractivity contribution in [3.8, 4) is 0 Å². The van der Waals surface area contributed by atoms with Crippen molar-refractivity contribution in [2.24, 2.45) is 5.10 Å². The summed E-state index contributed by atoms with van der Waals surface area (Å²) in [6.45, 7) is 6.59. The van der Waals surface area contributed by atoms with Crippen molar-refractivity contribution >= 4 is 12.1 Å². The number of nitrogens with zero attached hydrogens (tertiary/aromatic N) is 4. The van der Waals surface area contributed by atoms with Gasteiger partial charge in [0.15, 0.2) is 0 Å². The molecule has 0 aliphatic carbocycles. The molecule has 0 radical (unpaired) electrons. The minimum Gasteiger partial charge on any atom is -0.267 e. The average molecular weight is 347 g/mol. The van der Waals surface area contributed by atoms with Crippen molar-refractivity contribution in [1.82, 2.24) is 20.2 Å². The summed E-state index contributed by atoms with van der Waals surface area (Å²) in [6.07, 6.45) is 1.53. The van der Waals surface area contributed by atoms with E-state index in [-0.39, 0.29) is 5.91 Å². The van der Waals surface area contributed by atoms with Crippen LogP contribution in [0, 0.1) is 20.8 Å². The minimum atomic E-state index is -0.258. The molecular weight excluding hydrogens is 326 g/mol. The van der Waals surface area contributed by atoms with E-state index >= 15 is 0 Å². The molecule has 0 saturated carbocycles. The topological polar surface area (TPSA) is 72.2 Å². The van der Waals surface area contributed by atoms with Crippen molar-refractivity contribution in [1.29, 1.82) is 0 Å². The van der Waals surface area contributed by atoms with Crippen LogP contribution in [0.1, 0.15) is 38.7 Å². The molecule has 6 nitrogen and oxygen atoms in total. The van der Waals surface area contributed by atoms with Gasteiger partial charge in [0.2, 0.25) is 0 Å². The van der Waals surface area contributed by atoms with Gasteiger partial charge in [-0.1, -0.05) is 18.2 Å². The molecule has 0 aliphatic heterocycles. The summed E-state index contributed by atoms with van der Waals surface area (Å²) in [5.41, 5.74) is 7.87. The number of aromatic nitrogens is 3. The number of hydrogen-bond donors (Lipinski definition) is 1. The lowest BCUT2D eigenvalue weighted by Crippen LogP contribution is -2.17. The third-order valence-electron chi connectivity index (χ3n) is 3.92. The molecule has 0 atom stereocenters. The third-order valence-corrected chi connectivity index (χ3v) is 3.92. The highest BCUT2D eigenvalue weighted by Gasteiger charge is 2.06. The van der Waals surface area contributed by atoms with Crippen molar-refractivity contribution in [3.63, 3.8) is 0 Å². The van der Waals surface area contributed by atoms with E-state index in [1.165, 1.54) is 6.21 Å². The summed E-state index contributed by atoms with van der Waals surface area (Å²) in [4.78, 5) is 16.5. The number of amides is 1. The fourth-order valence-electron chi connectivity index (χ4n) is 2.63. The van der Waals surface area contributed by atoms with Crippen LogP contribution in [0.2, 0.25) is 0 Å². The number of hydrogen-bond acceptors (Lipinski definition) is 4. The Hall–Kier alpha value is -3.28. The lowest BCUT2D eigenvalue weighted by molar-refractivity contribution is 0.0955. The zero-order valence-corrected chi connectivity index (χ0v) is 15.1. The van der Waals surface area contributed by atoms with E-state index in [2.05, 4.69) is 20.6 Å². The summed E-state index contributed by atoms with van der Waals surface area (Å²) >= 11 is 0. The molecule has 132 valence electrons. The highest BCUT2D eigenvalue weighted by molar-refractivity contribution is 5.94. The number of carbonyl (C=O) groups excluding carboxylic acids is 1. The molecule has 0 saturated heterocycles. The molecule has 0 bridgehead atoms. The minimum absolute atomic E-state index is 0.258. The van der Waals surface area contributed by atoms with Gasteiger partial charge >= 0.3 is 0 Å². The Balaban J connectivity index is 1.61. The van der Waals surface area contributed by atoms with E-state index in [0.29, 0.717) is 17.8 Å². The van der Waals surface area contributed by atoms with Crippen LogP contribution in [-0.4, -0.2) is 26.9 Å². The van der Waals surface area contributed by atoms with Crippen molar-refractivity contribution in [2.45, 2.75) is 27.3 Å². The monoisotopic (exact) mass is 347 g/mol. The van der Waals surface area contributed by atoms with Crippen molar-refractivity contribution in [3.05, 3.63) is 82.4 Å². The van der Waals surface area contributed by atoms with Gasteiger partial charge in [-0.3, -0.25) is 14.5 Å². The molecule has 0 spiro atoms. The van der Waals surface area contributed by atoms with Gasteiger partial charge in [-0.05, 0) is 56.7 Å². The zero-order chi connectivity index (χ0) is 18.5. The normalized spacial score (nSPS) is 11.0. The van der Waals surface area contributed by atoms with Crippen LogP contribution >= 0.6 is 0 Å². The van der Waals surface area contributed by atoms with E-state index < -0.39 is 0 Å². The second kappa shape index (κ2) is 7.74. The van der Waals surface area contributed by atoms with Gasteiger partial charge in [0.25, 0.3) is 5.91 Å². The number of aryl methyl sites for hydroxylation is 3. The van der Waals surface area contributed by atoms with Gasteiger partial charge < -0.3 is 0 Å². The van der Waals surface area contributed by atoms with E-state index in [1.807, 2.05) is 61.9 Å². The molecule has 1 amide bonds. The fourth-order valence-corrected chi connectivity index (χ4v) is 2.63. The Bertz CT molecular complexity index is 941. The molecule has 1 N–H and O–H groups in total. The van der Waals surface area contributed by atoms with Crippen LogP contribution in [0.5, 0.6) is 0 Å². The zero-order valence-electron chi connectivity index (χ0n) is 15.1. The first-order chi connectivity index (χ1) is 12.5. The molecule has 2 heterocycles. The first kappa shape index (κ1) is 17.5. The predicted molar refractivity (Wildman–Crippen MR) is 101 cm³/mol. The van der Waals surface area contributed by atoms with Crippen LogP contribution < -0.4 is 5.43 Å². The number of hydrazone groups is 1. The first-order valence-electron chi connectivity index (χ1n) is 8.38. The quantitative estimate of drug-likeness (QED) is 0.570. The maximum absolute atomic E-state index is 12.2. The maximum Gasteiger partial charge on any atom is 0.271 e. The van der Waals surface area contributed by atoms with Crippen LogP contribution in [0.3, 0.4) is 0 Å². The molecule has 3 rings (SSSR count). The number of carbonyl (C=O) groups is 1. The second-order valence-electron chi connectivity index (χ2n) is 6.18. The standard InChI is InChI=1S/C20H21N5O/c1-14-5-4-6-19(22-14)12-21-23-20(26)18-9-7-17(8-10-18)13-25-16(3)11-15(2)24-25/h4-12H,13H2,1-3H3,(H,23,26)/b21-12+. The summed E-state index contributed by atoms with van der Waals surface area (Å²) in [5.74, 6) is -0.258. The predicted octanol–water partition coefficient (Wildman–Crippen LogP) is 3.02. The van der Waals surface area contributed by atoms with E-state index in [1.54, 1.807) is 12.1 Å². The molecule has 6 heteroatoms. The first-order valence-corrected chi connectivity index (χ1v) is 8.38. The number of pyridine rings is 1. The van der Waals surface area contributed by atoms with Crippen LogP contribution in [-0.2, 0) is 6.54 Å². The highest BCUT2D eigenvalue weighted by Crippen LogP contribution is 2.09. The Morgan fingerprint density at radius 3 is 2.54 bits per heavy atom. The Morgan fingerprint density at radius 2 is 1.88 bits per heavy atom. The molecule has 0 aliphatic rings. The lowest BCUT2D eigenvalue weighted by atomic mass is 10.1. The Kier molecular flexibility index (Phi) is 5.22. The van der Waals surface area contributed by atoms with Gasteiger partial charge in [-0.15, -0.1) is 0 Å². The van der Waals surface area contributed by atoms with Gasteiger partial charge in [0.1, 0.15) is 0 Å². The Labute approximate surface area is 152 Å². The largest absolute Gasteiger partial charge is 0.271 e. The van der Waals surface area contributed by atoms with E-state index in [4.69, 9.17) is 0 Å². The van der Waals surface area contributed by atoms with E-state index in [9.17, 15) is 4.79 Å². The number of nitrogens with one attached hydrogen (secondary N) is 1. The van der Waals surface area contributed by atoms with Crippen LogP contribution in [0.25, 0.3) is 0 Å². The van der Waals surface area contributed by atoms with Crippen LogP contribution in [0.4, 0.5) is 0 Å². The number of rotatable bonds is 5. The summed E-state index contributed by atoms with van der Waals surface area (Å²) in [7, 11) is 0. The smallest absolute Gasteiger partial charge is 0.267 e. The average Bonchev–Trinajstić information content (AvgIpc) is 2.93. The summed E-state index contributed by atoms with van der Waals surface area (Å²) < 4.78 is 1.95. The van der Waals surface area contributed by atoms with E-state index in [0.717, 1.165) is 22.6 Å². The third kappa shape index (κ3) is 4.42. The van der Waals surface area contributed by atoms with Gasteiger partial charge in [-0.25, -0.2) is 5.43 Å². The van der Waals surface area contributed by atoms with Gasteiger partial charge in [0, 0.05) is 17.0 Å². The van der Waals surface area contributed by atoms with Gasteiger partial charge in [-0.2, -0.15) is 10.2 Å². The molecule has 26 heavy (non-hydrogen) atoms. The molecule has 2 aromatic heterocycles. The molecular formula is C20H21N5O. The Morgan fingerprint density at radius 1 is 1.12 bits per heavy atom. The van der Waals surface area contributed by atoms with Crippen molar-refractivity contribution in [2.75, 3.05) is 0 Å². The van der Waals surface area contributed by atoms with Crippen molar-refractivity contribution < 1.29 is 4.79 Å². The SMILES string of the molecule is Cc1cccc(/C=N/NC(=O)c2ccc(Cn3nc(C)cc3C)cc2)n1. The number of benzene rings is 1. The molecule has 0 unspecified atom stereocenters. The highest BCUT2D eigenvalue weighted by atomic mass is 16.2. The van der Waals surface area contributed by atoms with Gasteiger partial charge in [0.05, 0.1) is 24.1 Å². The summed E-state index contributed by atoms with van der Waals surface area (Å²) in [5, 5.41) is 8.41. The molecule has 0 fully saturated rings. The van der Waals surface area contributed by atoms with Crippen LogP contribution in [0.15, 0.2) is 53.6 Å². The fraction of sp³-hybridized carbons (Fsp3) is 0.200. The lowest BCUT2D eigenvalue weighted by Gasteiger charge is -2.06.